The first-order valence-corrected chi connectivity index (χ1v) is 7.43. The summed E-state index contributed by atoms with van der Waals surface area (Å²) in [5.74, 6) is 0.287. The van der Waals surface area contributed by atoms with E-state index in [4.69, 9.17) is 0 Å². The molecule has 1 aromatic heterocycles. The Hall–Kier alpha value is -2.74. The van der Waals surface area contributed by atoms with Gasteiger partial charge in [-0.2, -0.15) is 0 Å². The molecule has 22 heavy (non-hydrogen) atoms. The summed E-state index contributed by atoms with van der Waals surface area (Å²) in [7, 11) is 0. The molecular formula is C20H15NO. The Kier molecular flexibility index (Phi) is 2.90. The molecule has 1 atom stereocenters. The predicted molar refractivity (Wildman–Crippen MR) is 88.9 cm³/mol. The largest absolute Gasteiger partial charge is 0.289 e. The van der Waals surface area contributed by atoms with Gasteiger partial charge in [0.25, 0.3) is 0 Å². The van der Waals surface area contributed by atoms with Gasteiger partial charge in [-0.25, -0.2) is 0 Å². The fourth-order valence-electron chi connectivity index (χ4n) is 3.23. The number of aromatic nitrogens is 1. The fraction of sp³-hybridized carbons (Fsp3) is 0.100. The van der Waals surface area contributed by atoms with E-state index in [1.165, 1.54) is 0 Å². The Labute approximate surface area is 129 Å². The molecule has 0 fully saturated rings. The highest BCUT2D eigenvalue weighted by Crippen LogP contribution is 2.38. The van der Waals surface area contributed by atoms with Crippen molar-refractivity contribution in [3.63, 3.8) is 0 Å². The Morgan fingerprint density at radius 1 is 1.05 bits per heavy atom. The molecule has 0 spiro atoms. The first kappa shape index (κ1) is 13.0. The van der Waals surface area contributed by atoms with Crippen LogP contribution in [0.25, 0.3) is 16.8 Å². The molecule has 106 valence electrons. The van der Waals surface area contributed by atoms with Crippen molar-refractivity contribution in [3.8, 4) is 0 Å². The maximum atomic E-state index is 12.7. The van der Waals surface area contributed by atoms with Gasteiger partial charge in [0, 0.05) is 34.8 Å². The number of ketones is 1. The summed E-state index contributed by atoms with van der Waals surface area (Å²) in [4.78, 5) is 16.8. The van der Waals surface area contributed by atoms with Gasteiger partial charge in [-0.3, -0.25) is 9.78 Å². The van der Waals surface area contributed by atoms with Crippen molar-refractivity contribution in [1.82, 2.24) is 4.98 Å². The molecule has 0 aliphatic heterocycles. The third-order valence-corrected chi connectivity index (χ3v) is 4.43. The lowest BCUT2D eigenvalue weighted by Crippen LogP contribution is -1.97. The second kappa shape index (κ2) is 4.92. The average molecular weight is 285 g/mol. The second-order valence-corrected chi connectivity index (χ2v) is 5.68. The van der Waals surface area contributed by atoms with Crippen LogP contribution in [0, 0.1) is 0 Å². The van der Waals surface area contributed by atoms with E-state index in [1.54, 1.807) is 6.20 Å². The molecule has 0 saturated carbocycles. The molecule has 1 unspecified atom stereocenters. The van der Waals surface area contributed by atoms with Gasteiger partial charge in [-0.1, -0.05) is 49.4 Å². The zero-order valence-corrected chi connectivity index (χ0v) is 12.3. The number of rotatable bonds is 1. The van der Waals surface area contributed by atoms with Gasteiger partial charge in [0.1, 0.15) is 0 Å². The Balaban J connectivity index is 1.89. The zero-order valence-electron chi connectivity index (χ0n) is 12.3. The molecular weight excluding hydrogens is 270 g/mol. The number of nitrogens with zero attached hydrogens (tertiary/aromatic N) is 1. The van der Waals surface area contributed by atoms with Crippen LogP contribution < -0.4 is 0 Å². The van der Waals surface area contributed by atoms with E-state index in [0.717, 1.165) is 33.0 Å². The molecule has 2 nitrogen and oxygen atoms in total. The molecule has 0 bridgehead atoms. The molecule has 1 aliphatic carbocycles. The molecule has 3 aromatic rings. The molecule has 0 N–H and O–H groups in total. The summed E-state index contributed by atoms with van der Waals surface area (Å²) >= 11 is 0. The first-order chi connectivity index (χ1) is 10.8. The highest BCUT2D eigenvalue weighted by molar-refractivity contribution is 6.17. The van der Waals surface area contributed by atoms with Gasteiger partial charge in [-0.05, 0) is 28.7 Å². The SMILES string of the molecule is CC1/C(=C\c2cccc3cnccc23)C(=O)c2ccccc21. The van der Waals surface area contributed by atoms with Crippen LogP contribution in [0.5, 0.6) is 0 Å². The molecule has 0 radical (unpaired) electrons. The normalized spacial score (nSPS) is 18.9. The Bertz CT molecular complexity index is 918. The van der Waals surface area contributed by atoms with Gasteiger partial charge >= 0.3 is 0 Å². The quantitative estimate of drug-likeness (QED) is 0.611. The number of Topliss-reactive ketones (excluding diaryl/α,β-unsaturated/α-hetero) is 1. The van der Waals surface area contributed by atoms with E-state index in [9.17, 15) is 4.79 Å². The number of carbonyl (C=O) groups excluding carboxylic acids is 1. The van der Waals surface area contributed by atoms with Crippen LogP contribution >= 0.6 is 0 Å². The van der Waals surface area contributed by atoms with Crippen LogP contribution in [0.15, 0.2) is 66.5 Å². The van der Waals surface area contributed by atoms with Gasteiger partial charge in [-0.15, -0.1) is 0 Å². The van der Waals surface area contributed by atoms with Gasteiger partial charge in [0.15, 0.2) is 5.78 Å². The van der Waals surface area contributed by atoms with Crippen LogP contribution in [-0.4, -0.2) is 10.8 Å². The number of pyridine rings is 1. The zero-order chi connectivity index (χ0) is 15.1. The molecule has 4 rings (SSSR count). The van der Waals surface area contributed by atoms with Crippen molar-refractivity contribution < 1.29 is 4.79 Å². The van der Waals surface area contributed by atoms with Crippen molar-refractivity contribution in [2.24, 2.45) is 0 Å². The van der Waals surface area contributed by atoms with E-state index in [-0.39, 0.29) is 11.7 Å². The monoisotopic (exact) mass is 285 g/mol. The maximum absolute atomic E-state index is 12.7. The number of hydrogen-bond donors (Lipinski definition) is 0. The number of fused-ring (bicyclic) bond motifs is 2. The van der Waals surface area contributed by atoms with E-state index >= 15 is 0 Å². The smallest absolute Gasteiger partial charge is 0.189 e. The summed E-state index contributed by atoms with van der Waals surface area (Å²) < 4.78 is 0. The molecule has 1 aliphatic rings. The maximum Gasteiger partial charge on any atom is 0.189 e. The van der Waals surface area contributed by atoms with Crippen LogP contribution in [-0.2, 0) is 0 Å². The average Bonchev–Trinajstić information content (AvgIpc) is 2.81. The van der Waals surface area contributed by atoms with Crippen molar-refractivity contribution in [2.45, 2.75) is 12.8 Å². The van der Waals surface area contributed by atoms with Crippen LogP contribution in [0.3, 0.4) is 0 Å². The first-order valence-electron chi connectivity index (χ1n) is 7.43. The van der Waals surface area contributed by atoms with E-state index in [0.29, 0.717) is 0 Å². The highest BCUT2D eigenvalue weighted by atomic mass is 16.1. The molecule has 2 heteroatoms. The minimum atomic E-state index is 0.140. The van der Waals surface area contributed by atoms with Crippen molar-refractivity contribution in [2.75, 3.05) is 0 Å². The lowest BCUT2D eigenvalue weighted by molar-refractivity contribution is 0.103. The van der Waals surface area contributed by atoms with E-state index < -0.39 is 0 Å². The van der Waals surface area contributed by atoms with Crippen molar-refractivity contribution >= 4 is 22.6 Å². The lowest BCUT2D eigenvalue weighted by atomic mass is 9.96. The predicted octanol–water partition coefficient (Wildman–Crippen LogP) is 4.62. The fourth-order valence-corrected chi connectivity index (χ4v) is 3.23. The number of hydrogen-bond acceptors (Lipinski definition) is 2. The molecule has 2 aromatic carbocycles. The second-order valence-electron chi connectivity index (χ2n) is 5.68. The number of allylic oxidation sites excluding steroid dienone is 1. The lowest BCUT2D eigenvalue weighted by Gasteiger charge is -2.07. The van der Waals surface area contributed by atoms with Crippen LogP contribution in [0.1, 0.15) is 34.3 Å². The van der Waals surface area contributed by atoms with E-state index in [1.807, 2.05) is 54.7 Å². The highest BCUT2D eigenvalue weighted by Gasteiger charge is 2.30. The standard InChI is InChI=1S/C20H15NO/c1-13-16-7-2-3-8-18(16)20(22)19(13)11-14-5-4-6-15-12-21-10-9-17(14)15/h2-13H,1H3/b19-11+. The summed E-state index contributed by atoms with van der Waals surface area (Å²) in [6.45, 7) is 2.10. The Morgan fingerprint density at radius 2 is 1.91 bits per heavy atom. The van der Waals surface area contributed by atoms with Crippen molar-refractivity contribution in [3.05, 3.63) is 83.2 Å². The summed E-state index contributed by atoms with van der Waals surface area (Å²) in [5.41, 5.74) is 3.90. The summed E-state index contributed by atoms with van der Waals surface area (Å²) in [6, 6.07) is 16.0. The van der Waals surface area contributed by atoms with Crippen LogP contribution in [0.4, 0.5) is 0 Å². The topological polar surface area (TPSA) is 30.0 Å². The molecule has 0 amide bonds. The third kappa shape index (κ3) is 1.88. The summed E-state index contributed by atoms with van der Waals surface area (Å²) in [6.07, 6.45) is 5.68. The third-order valence-electron chi connectivity index (χ3n) is 4.43. The molecule has 1 heterocycles. The van der Waals surface area contributed by atoms with Crippen molar-refractivity contribution in [1.29, 1.82) is 0 Å². The summed E-state index contributed by atoms with van der Waals surface area (Å²) in [5, 5.41) is 2.22. The van der Waals surface area contributed by atoms with Gasteiger partial charge in [0.2, 0.25) is 0 Å². The minimum absolute atomic E-state index is 0.140. The van der Waals surface area contributed by atoms with E-state index in [2.05, 4.69) is 18.0 Å². The number of carbonyl (C=O) groups is 1. The van der Waals surface area contributed by atoms with Gasteiger partial charge in [0.05, 0.1) is 0 Å². The van der Waals surface area contributed by atoms with Gasteiger partial charge < -0.3 is 0 Å². The molecule has 0 saturated heterocycles. The Morgan fingerprint density at radius 3 is 2.77 bits per heavy atom. The minimum Gasteiger partial charge on any atom is -0.289 e. The van der Waals surface area contributed by atoms with Crippen LogP contribution in [0.2, 0.25) is 0 Å². The number of benzene rings is 2.